The van der Waals surface area contributed by atoms with Crippen LogP contribution in [0, 0.1) is 29.6 Å². The van der Waals surface area contributed by atoms with Crippen LogP contribution < -0.4 is 31.9 Å². The second-order valence-electron chi connectivity index (χ2n) is 16.3. The lowest BCUT2D eigenvalue weighted by Crippen LogP contribution is -2.61. The van der Waals surface area contributed by atoms with Crippen LogP contribution in [0.3, 0.4) is 0 Å². The van der Waals surface area contributed by atoms with E-state index >= 15 is 0 Å². The first-order valence-electron chi connectivity index (χ1n) is 19.2. The van der Waals surface area contributed by atoms with Gasteiger partial charge in [-0.2, -0.15) is 0 Å². The number of nitrogens with one attached hydrogen (secondary N) is 7. The number of para-hydroxylation sites is 1. The highest BCUT2D eigenvalue weighted by Crippen LogP contribution is 2.20. The third-order valence-electron chi connectivity index (χ3n) is 9.69. The molecule has 0 aliphatic carbocycles. The van der Waals surface area contributed by atoms with Crippen molar-refractivity contribution in [3.05, 3.63) is 36.0 Å². The number of benzene rings is 1. The molecule has 0 bridgehead atoms. The summed E-state index contributed by atoms with van der Waals surface area (Å²) < 4.78 is 0. The standard InChI is InChI=1S/C40H62N8O6/c1-20(2)16-29-37(51)47-34(24(9)10)40(54)48-33(23(7)8)39(53)45-31(21(3)4)19-41-25(11)35(49)46-32(22(5)6)38(52)44-30(36(50)43-29)17-26-18-42-28-15-13-12-14-27(26)28/h12-15,18-25,29-34,42H,16-17H2,1-11H3,(H,43,50)(H,44,52)(H,45,53)(H,46,49)(H,47,51)(H,48,54)/b41-19+/t25-,29+,30-,31?,32?,33+,34?/m0/s1. The van der Waals surface area contributed by atoms with E-state index in [-0.39, 0.29) is 42.4 Å². The van der Waals surface area contributed by atoms with Crippen LogP contribution in [0.4, 0.5) is 0 Å². The van der Waals surface area contributed by atoms with Gasteiger partial charge in [-0.05, 0) is 54.6 Å². The fourth-order valence-electron chi connectivity index (χ4n) is 6.26. The second-order valence-corrected chi connectivity index (χ2v) is 16.3. The normalized spacial score (nSPS) is 26.6. The predicted octanol–water partition coefficient (Wildman–Crippen LogP) is 2.76. The van der Waals surface area contributed by atoms with E-state index in [0.717, 1.165) is 16.5 Å². The number of aliphatic imine (C=N–C) groups is 1. The lowest BCUT2D eigenvalue weighted by Gasteiger charge is -2.30. The number of hydrogen-bond donors (Lipinski definition) is 7. The Hall–Kier alpha value is -4.75. The molecule has 1 aromatic heterocycles. The summed E-state index contributed by atoms with van der Waals surface area (Å²) in [7, 11) is 0. The van der Waals surface area contributed by atoms with Crippen LogP contribution >= 0.6 is 0 Å². The van der Waals surface area contributed by atoms with E-state index in [2.05, 4.69) is 41.9 Å². The van der Waals surface area contributed by atoms with Crippen molar-refractivity contribution in [3.8, 4) is 0 Å². The number of H-pyrrole nitrogens is 1. The van der Waals surface area contributed by atoms with Gasteiger partial charge in [0, 0.05) is 29.7 Å². The van der Waals surface area contributed by atoms with E-state index in [4.69, 9.17) is 0 Å². The largest absolute Gasteiger partial charge is 0.361 e. The molecule has 2 aromatic rings. The Morgan fingerprint density at radius 1 is 0.574 bits per heavy atom. The molecule has 1 aliphatic rings. The van der Waals surface area contributed by atoms with Crippen molar-refractivity contribution >= 4 is 52.6 Å². The Labute approximate surface area is 319 Å². The third kappa shape index (κ3) is 11.9. The minimum atomic E-state index is -1.14. The van der Waals surface area contributed by atoms with Crippen molar-refractivity contribution in [3.63, 3.8) is 0 Å². The fourth-order valence-corrected chi connectivity index (χ4v) is 6.26. The Morgan fingerprint density at radius 2 is 1.06 bits per heavy atom. The molecule has 14 heteroatoms. The van der Waals surface area contributed by atoms with Gasteiger partial charge < -0.3 is 36.9 Å². The molecule has 0 fully saturated rings. The van der Waals surface area contributed by atoms with Crippen LogP contribution in [0.25, 0.3) is 10.9 Å². The maximum absolute atomic E-state index is 14.2. The Bertz CT molecular complexity index is 1660. The molecular weight excluding hydrogens is 688 g/mol. The Balaban J connectivity index is 2.12. The summed E-state index contributed by atoms with van der Waals surface area (Å²) in [5, 5.41) is 18.1. The number of aromatic nitrogens is 1. The number of hydrogen-bond acceptors (Lipinski definition) is 7. The summed E-state index contributed by atoms with van der Waals surface area (Å²) >= 11 is 0. The summed E-state index contributed by atoms with van der Waals surface area (Å²) in [5.41, 5.74) is 1.63. The van der Waals surface area contributed by atoms with Crippen molar-refractivity contribution in [1.29, 1.82) is 0 Å². The highest BCUT2D eigenvalue weighted by molar-refractivity contribution is 5.98. The molecule has 1 aromatic carbocycles. The first-order chi connectivity index (χ1) is 25.3. The van der Waals surface area contributed by atoms with Gasteiger partial charge in [0.15, 0.2) is 0 Å². The molecule has 2 heterocycles. The summed E-state index contributed by atoms with van der Waals surface area (Å²) in [6.07, 6.45) is 3.62. The smallest absolute Gasteiger partial charge is 0.245 e. The molecule has 7 atom stereocenters. The van der Waals surface area contributed by atoms with Gasteiger partial charge in [0.1, 0.15) is 36.3 Å². The number of fused-ring (bicyclic) bond motifs is 1. The van der Waals surface area contributed by atoms with Gasteiger partial charge in [0.2, 0.25) is 35.4 Å². The fraction of sp³-hybridized carbons (Fsp3) is 0.625. The molecule has 7 N–H and O–H groups in total. The zero-order valence-electron chi connectivity index (χ0n) is 33.7. The Kier molecular flexibility index (Phi) is 15.8. The maximum Gasteiger partial charge on any atom is 0.245 e. The number of carbonyl (C=O) groups is 6. The van der Waals surface area contributed by atoms with Gasteiger partial charge in [0.05, 0.1) is 6.04 Å². The van der Waals surface area contributed by atoms with Crippen molar-refractivity contribution in [2.24, 2.45) is 34.6 Å². The zero-order chi connectivity index (χ0) is 40.4. The van der Waals surface area contributed by atoms with E-state index in [1.165, 1.54) is 6.21 Å². The molecule has 1 aliphatic heterocycles. The summed E-state index contributed by atoms with van der Waals surface area (Å²) in [4.78, 5) is 90.8. The number of nitrogens with zero attached hydrogens (tertiary/aromatic N) is 1. The van der Waals surface area contributed by atoms with E-state index in [9.17, 15) is 28.8 Å². The second kappa shape index (κ2) is 19.5. The van der Waals surface area contributed by atoms with E-state index in [1.54, 1.807) is 54.7 Å². The number of rotatable bonds is 8. The highest BCUT2D eigenvalue weighted by atomic mass is 16.2. The van der Waals surface area contributed by atoms with Gasteiger partial charge in [-0.3, -0.25) is 33.8 Å². The lowest BCUT2D eigenvalue weighted by atomic mass is 9.97. The van der Waals surface area contributed by atoms with Gasteiger partial charge in [0.25, 0.3) is 0 Å². The van der Waals surface area contributed by atoms with Gasteiger partial charge in [-0.15, -0.1) is 0 Å². The van der Waals surface area contributed by atoms with E-state index < -0.39 is 77.7 Å². The molecule has 0 saturated heterocycles. The lowest BCUT2D eigenvalue weighted by molar-refractivity contribution is -0.136. The highest BCUT2D eigenvalue weighted by Gasteiger charge is 2.36. The van der Waals surface area contributed by atoms with E-state index in [1.807, 2.05) is 52.0 Å². The zero-order valence-corrected chi connectivity index (χ0v) is 33.7. The SMILES string of the molecule is CC(C)C[C@H]1NC(=O)[C@H](Cc2c[nH]c3ccccc23)NC(=O)C(C(C)C)NC(=O)[C@H](C)/N=C/C(C(C)C)NC(=O)[C@@H](C(C)C)NC(=O)C(C(C)C)NC1=O. The van der Waals surface area contributed by atoms with Crippen molar-refractivity contribution in [2.75, 3.05) is 0 Å². The first kappa shape index (κ1) is 43.7. The average molecular weight is 751 g/mol. The van der Waals surface area contributed by atoms with Crippen LogP contribution in [0.15, 0.2) is 35.5 Å². The van der Waals surface area contributed by atoms with Crippen molar-refractivity contribution < 1.29 is 28.8 Å². The van der Waals surface area contributed by atoms with Gasteiger partial charge >= 0.3 is 0 Å². The molecule has 0 saturated carbocycles. The summed E-state index contributed by atoms with van der Waals surface area (Å²) in [5.74, 6) is -4.45. The van der Waals surface area contributed by atoms with Crippen molar-refractivity contribution in [2.45, 2.75) is 131 Å². The van der Waals surface area contributed by atoms with Crippen molar-refractivity contribution in [1.82, 2.24) is 36.9 Å². The van der Waals surface area contributed by atoms with Crippen LogP contribution in [-0.4, -0.2) is 88.9 Å². The first-order valence-corrected chi connectivity index (χ1v) is 19.2. The minimum absolute atomic E-state index is 0.0313. The molecule has 3 unspecified atom stereocenters. The van der Waals surface area contributed by atoms with Crippen LogP contribution in [0.1, 0.15) is 88.1 Å². The molecule has 14 nitrogen and oxygen atoms in total. The topological polar surface area (TPSA) is 203 Å². The molecule has 6 amide bonds. The monoisotopic (exact) mass is 750 g/mol. The van der Waals surface area contributed by atoms with Crippen LogP contribution in [0.2, 0.25) is 0 Å². The summed E-state index contributed by atoms with van der Waals surface area (Å²) in [6.45, 7) is 19.9. The number of amides is 6. The third-order valence-corrected chi connectivity index (χ3v) is 9.69. The maximum atomic E-state index is 14.2. The van der Waals surface area contributed by atoms with Crippen LogP contribution in [-0.2, 0) is 35.2 Å². The molecule has 298 valence electrons. The van der Waals surface area contributed by atoms with E-state index in [0.29, 0.717) is 0 Å². The predicted molar refractivity (Wildman–Crippen MR) is 210 cm³/mol. The van der Waals surface area contributed by atoms with Gasteiger partial charge in [-0.25, -0.2) is 0 Å². The average Bonchev–Trinajstić information content (AvgIpc) is 3.50. The molecule has 54 heavy (non-hydrogen) atoms. The van der Waals surface area contributed by atoms with Gasteiger partial charge in [-0.1, -0.05) is 87.4 Å². The molecule has 0 spiro atoms. The molecule has 3 rings (SSSR count). The van der Waals surface area contributed by atoms with Crippen LogP contribution in [0.5, 0.6) is 0 Å². The number of carbonyl (C=O) groups excluding carboxylic acids is 6. The quantitative estimate of drug-likeness (QED) is 0.216. The number of aromatic amines is 1. The summed E-state index contributed by atoms with van der Waals surface area (Å²) in [6, 6.07) is 0.906. The molecular formula is C40H62N8O6. The Morgan fingerprint density at radius 3 is 1.61 bits per heavy atom. The minimum Gasteiger partial charge on any atom is -0.361 e. The molecule has 0 radical (unpaired) electrons.